The van der Waals surface area contributed by atoms with E-state index in [0.29, 0.717) is 12.1 Å². The van der Waals surface area contributed by atoms with Gasteiger partial charge in [0.15, 0.2) is 17.5 Å². The Bertz CT molecular complexity index is 579. The average Bonchev–Trinajstić information content (AvgIpc) is 2.46. The molecule has 2 aromatic carbocycles. The van der Waals surface area contributed by atoms with Crippen LogP contribution < -0.4 is 5.73 Å². The minimum Gasteiger partial charge on any atom is -0.329 e. The lowest BCUT2D eigenvalue weighted by molar-refractivity contribution is 0.240. The van der Waals surface area contributed by atoms with Gasteiger partial charge in [-0.3, -0.25) is 4.90 Å². The Balaban J connectivity index is 2.23. The predicted octanol–water partition coefficient (Wildman–Crippen LogP) is 3.24. The van der Waals surface area contributed by atoms with Crippen molar-refractivity contribution in [3.8, 4) is 0 Å². The number of nitrogens with two attached hydrogens (primary N) is 1. The van der Waals surface area contributed by atoms with Crippen LogP contribution in [0.5, 0.6) is 0 Å². The second-order valence-electron chi connectivity index (χ2n) is 4.95. The van der Waals surface area contributed by atoms with Gasteiger partial charge in [-0.1, -0.05) is 30.3 Å². The number of hydrogen-bond acceptors (Lipinski definition) is 2. The smallest absolute Gasteiger partial charge is 0.194 e. The topological polar surface area (TPSA) is 29.3 Å². The molecule has 2 nitrogen and oxygen atoms in total. The van der Waals surface area contributed by atoms with Crippen molar-refractivity contribution in [1.29, 1.82) is 0 Å². The third kappa shape index (κ3) is 3.62. The molecule has 0 bridgehead atoms. The highest BCUT2D eigenvalue weighted by Crippen LogP contribution is 2.24. The Kier molecular flexibility index (Phi) is 4.98. The van der Waals surface area contributed by atoms with Crippen molar-refractivity contribution >= 4 is 0 Å². The quantitative estimate of drug-likeness (QED) is 0.858. The fourth-order valence-corrected chi connectivity index (χ4v) is 2.32. The number of likely N-dealkylation sites (N-methyl/N-ethyl adjacent to an activating group) is 1. The molecule has 0 saturated heterocycles. The summed E-state index contributed by atoms with van der Waals surface area (Å²) in [7, 11) is 1.81. The molecule has 0 aromatic heterocycles. The van der Waals surface area contributed by atoms with E-state index in [2.05, 4.69) is 0 Å². The fourth-order valence-electron chi connectivity index (χ4n) is 2.32. The summed E-state index contributed by atoms with van der Waals surface area (Å²) in [5.74, 6) is -3.85. The maximum Gasteiger partial charge on any atom is 0.194 e. The molecule has 112 valence electrons. The van der Waals surface area contributed by atoms with Gasteiger partial charge >= 0.3 is 0 Å². The SMILES string of the molecule is CN(Cc1ccccc1)C(CN)c1cc(F)c(F)c(F)c1. The van der Waals surface area contributed by atoms with E-state index in [1.165, 1.54) is 0 Å². The zero-order valence-corrected chi connectivity index (χ0v) is 11.7. The van der Waals surface area contributed by atoms with Crippen molar-refractivity contribution in [2.24, 2.45) is 5.73 Å². The molecule has 2 aromatic rings. The summed E-state index contributed by atoms with van der Waals surface area (Å²) in [5.41, 5.74) is 7.10. The summed E-state index contributed by atoms with van der Waals surface area (Å²) >= 11 is 0. The lowest BCUT2D eigenvalue weighted by Gasteiger charge is -2.27. The minimum atomic E-state index is -1.46. The van der Waals surface area contributed by atoms with Crippen LogP contribution in [0.2, 0.25) is 0 Å². The molecule has 0 aliphatic carbocycles. The number of rotatable bonds is 5. The highest BCUT2D eigenvalue weighted by Gasteiger charge is 2.20. The van der Waals surface area contributed by atoms with Gasteiger partial charge in [-0.15, -0.1) is 0 Å². The van der Waals surface area contributed by atoms with Crippen molar-refractivity contribution in [1.82, 2.24) is 4.90 Å². The van der Waals surface area contributed by atoms with Crippen LogP contribution in [-0.4, -0.2) is 18.5 Å². The zero-order valence-electron chi connectivity index (χ0n) is 11.7. The van der Waals surface area contributed by atoms with Gasteiger partial charge < -0.3 is 5.73 Å². The summed E-state index contributed by atoms with van der Waals surface area (Å²) in [4.78, 5) is 1.88. The van der Waals surface area contributed by atoms with Crippen LogP contribution in [-0.2, 0) is 6.54 Å². The van der Waals surface area contributed by atoms with Gasteiger partial charge in [0.2, 0.25) is 0 Å². The van der Waals surface area contributed by atoms with Gasteiger partial charge in [0.05, 0.1) is 0 Å². The first-order valence-electron chi connectivity index (χ1n) is 6.61. The second kappa shape index (κ2) is 6.74. The molecule has 1 unspecified atom stereocenters. The van der Waals surface area contributed by atoms with E-state index in [9.17, 15) is 13.2 Å². The summed E-state index contributed by atoms with van der Waals surface area (Å²) in [5, 5.41) is 0. The standard InChI is InChI=1S/C16H17F3N2/c1-21(10-11-5-3-2-4-6-11)15(9-20)12-7-13(17)16(19)14(18)8-12/h2-8,15H,9-10,20H2,1H3. The third-order valence-corrected chi connectivity index (χ3v) is 3.42. The molecule has 0 saturated carbocycles. The highest BCUT2D eigenvalue weighted by atomic mass is 19.2. The first-order chi connectivity index (χ1) is 10.0. The Morgan fingerprint density at radius 2 is 1.62 bits per heavy atom. The molecule has 0 amide bonds. The molecule has 21 heavy (non-hydrogen) atoms. The van der Waals surface area contributed by atoms with Crippen LogP contribution in [0.15, 0.2) is 42.5 Å². The van der Waals surface area contributed by atoms with E-state index in [-0.39, 0.29) is 6.54 Å². The van der Waals surface area contributed by atoms with E-state index >= 15 is 0 Å². The van der Waals surface area contributed by atoms with Gasteiger partial charge in [-0.25, -0.2) is 13.2 Å². The van der Waals surface area contributed by atoms with Crippen LogP contribution in [0.3, 0.4) is 0 Å². The Morgan fingerprint density at radius 1 is 1.05 bits per heavy atom. The van der Waals surface area contributed by atoms with Crippen molar-refractivity contribution in [2.45, 2.75) is 12.6 Å². The molecule has 0 aliphatic rings. The first kappa shape index (κ1) is 15.5. The van der Waals surface area contributed by atoms with Gasteiger partial charge in [-0.05, 0) is 30.3 Å². The number of halogens is 3. The van der Waals surface area contributed by atoms with Crippen LogP contribution in [0.4, 0.5) is 13.2 Å². The molecule has 1 atom stereocenters. The normalized spacial score (nSPS) is 12.7. The number of hydrogen-bond donors (Lipinski definition) is 1. The molecular weight excluding hydrogens is 277 g/mol. The monoisotopic (exact) mass is 294 g/mol. The van der Waals surface area contributed by atoms with E-state index < -0.39 is 23.5 Å². The molecule has 2 N–H and O–H groups in total. The van der Waals surface area contributed by atoms with Crippen LogP contribution in [0.1, 0.15) is 17.2 Å². The molecule has 2 rings (SSSR count). The Hall–Kier alpha value is -1.85. The molecule has 0 radical (unpaired) electrons. The average molecular weight is 294 g/mol. The van der Waals surface area contributed by atoms with Crippen molar-refractivity contribution in [3.63, 3.8) is 0 Å². The molecule has 5 heteroatoms. The molecule has 0 heterocycles. The summed E-state index contributed by atoms with van der Waals surface area (Å²) in [6.45, 7) is 0.747. The highest BCUT2D eigenvalue weighted by molar-refractivity contribution is 5.24. The lowest BCUT2D eigenvalue weighted by atomic mass is 10.0. The Labute approximate surface area is 122 Å². The van der Waals surface area contributed by atoms with Crippen molar-refractivity contribution in [2.75, 3.05) is 13.6 Å². The maximum atomic E-state index is 13.4. The predicted molar refractivity (Wildman–Crippen MR) is 76.0 cm³/mol. The van der Waals surface area contributed by atoms with Gasteiger partial charge in [0.1, 0.15) is 0 Å². The van der Waals surface area contributed by atoms with Gasteiger partial charge in [-0.2, -0.15) is 0 Å². The third-order valence-electron chi connectivity index (χ3n) is 3.42. The molecule has 0 fully saturated rings. The van der Waals surface area contributed by atoms with E-state index in [4.69, 9.17) is 5.73 Å². The second-order valence-corrected chi connectivity index (χ2v) is 4.95. The van der Waals surface area contributed by atoms with Gasteiger partial charge in [0.25, 0.3) is 0 Å². The summed E-state index contributed by atoms with van der Waals surface area (Å²) in [6.07, 6.45) is 0. The first-order valence-corrected chi connectivity index (χ1v) is 6.61. The molecule has 0 aliphatic heterocycles. The van der Waals surface area contributed by atoms with Crippen molar-refractivity contribution < 1.29 is 13.2 Å². The van der Waals surface area contributed by atoms with Crippen LogP contribution in [0, 0.1) is 17.5 Å². The van der Waals surface area contributed by atoms with E-state index in [1.807, 2.05) is 42.3 Å². The maximum absolute atomic E-state index is 13.4. The summed E-state index contributed by atoms with van der Waals surface area (Å²) < 4.78 is 39.7. The van der Waals surface area contributed by atoms with E-state index in [1.54, 1.807) is 0 Å². The zero-order chi connectivity index (χ0) is 15.4. The largest absolute Gasteiger partial charge is 0.329 e. The van der Waals surface area contributed by atoms with Crippen LogP contribution in [0.25, 0.3) is 0 Å². The number of nitrogens with zero attached hydrogens (tertiary/aromatic N) is 1. The minimum absolute atomic E-state index is 0.174. The number of benzene rings is 2. The molecule has 0 spiro atoms. The van der Waals surface area contributed by atoms with Crippen LogP contribution >= 0.6 is 0 Å². The lowest BCUT2D eigenvalue weighted by Crippen LogP contribution is -2.30. The van der Waals surface area contributed by atoms with Crippen molar-refractivity contribution in [3.05, 3.63) is 71.0 Å². The Morgan fingerprint density at radius 3 is 2.14 bits per heavy atom. The fraction of sp³-hybridized carbons (Fsp3) is 0.250. The molecular formula is C16H17F3N2. The summed E-state index contributed by atoms with van der Waals surface area (Å²) in [6, 6.07) is 11.3. The van der Waals surface area contributed by atoms with Gasteiger partial charge in [0, 0.05) is 19.1 Å². The van der Waals surface area contributed by atoms with E-state index in [0.717, 1.165) is 17.7 Å².